The van der Waals surface area contributed by atoms with E-state index in [0.717, 1.165) is 28.9 Å². The Morgan fingerprint density at radius 1 is 1.05 bits per heavy atom. The molecule has 0 amide bonds. The fourth-order valence-corrected chi connectivity index (χ4v) is 2.58. The third-order valence-electron chi connectivity index (χ3n) is 3.69. The highest BCUT2D eigenvalue weighted by Gasteiger charge is 2.13. The Morgan fingerprint density at radius 2 is 1.76 bits per heavy atom. The number of carbonyl (C=O) groups excluding carboxylic acids is 1. The normalized spacial score (nSPS) is 11.0. The van der Waals surface area contributed by atoms with Crippen molar-refractivity contribution in [1.82, 2.24) is 9.38 Å². The van der Waals surface area contributed by atoms with Crippen molar-refractivity contribution in [3.05, 3.63) is 59.4 Å². The number of aryl methyl sites for hydroxylation is 3. The summed E-state index contributed by atoms with van der Waals surface area (Å²) in [5.41, 5.74) is 6.52. The Morgan fingerprint density at radius 3 is 2.48 bits per heavy atom. The average molecular weight is 278 g/mol. The highest BCUT2D eigenvalue weighted by atomic mass is 16.1. The van der Waals surface area contributed by atoms with Gasteiger partial charge in [-0.25, -0.2) is 4.98 Å². The molecule has 0 fully saturated rings. The van der Waals surface area contributed by atoms with Crippen LogP contribution in [0.1, 0.15) is 23.2 Å². The predicted molar refractivity (Wildman–Crippen MR) is 84.5 cm³/mol. The summed E-state index contributed by atoms with van der Waals surface area (Å²) >= 11 is 0. The van der Waals surface area contributed by atoms with E-state index in [4.69, 9.17) is 4.98 Å². The molecule has 3 heteroatoms. The monoisotopic (exact) mass is 278 g/mol. The smallest absolute Gasteiger partial charge is 0.137 e. The quantitative estimate of drug-likeness (QED) is 0.681. The molecule has 0 radical (unpaired) electrons. The summed E-state index contributed by atoms with van der Waals surface area (Å²) in [6.07, 6.45) is 4.27. The van der Waals surface area contributed by atoms with E-state index in [-0.39, 0.29) is 0 Å². The van der Waals surface area contributed by atoms with E-state index in [2.05, 4.69) is 54.8 Å². The lowest BCUT2D eigenvalue weighted by atomic mass is 10.1. The highest BCUT2D eigenvalue weighted by molar-refractivity contribution is 5.67. The van der Waals surface area contributed by atoms with Crippen LogP contribution >= 0.6 is 0 Å². The fraction of sp³-hybridized carbons (Fsp3) is 0.222. The highest BCUT2D eigenvalue weighted by Crippen LogP contribution is 2.26. The maximum absolute atomic E-state index is 10.8. The van der Waals surface area contributed by atoms with Crippen molar-refractivity contribution >= 4 is 11.9 Å². The van der Waals surface area contributed by atoms with Gasteiger partial charge in [0, 0.05) is 18.2 Å². The molecular formula is C18H18N2O. The van der Waals surface area contributed by atoms with Crippen LogP contribution in [0, 0.1) is 13.8 Å². The van der Waals surface area contributed by atoms with E-state index in [9.17, 15) is 4.79 Å². The van der Waals surface area contributed by atoms with Gasteiger partial charge in [0.25, 0.3) is 0 Å². The summed E-state index contributed by atoms with van der Waals surface area (Å²) in [7, 11) is 0. The first-order chi connectivity index (χ1) is 10.2. The zero-order valence-corrected chi connectivity index (χ0v) is 12.3. The van der Waals surface area contributed by atoms with Crippen molar-refractivity contribution in [3.63, 3.8) is 0 Å². The van der Waals surface area contributed by atoms with Gasteiger partial charge in [-0.15, -0.1) is 0 Å². The first kappa shape index (κ1) is 13.6. The maximum atomic E-state index is 10.8. The van der Waals surface area contributed by atoms with E-state index in [1.807, 2.05) is 6.07 Å². The number of pyridine rings is 1. The lowest BCUT2D eigenvalue weighted by molar-refractivity contribution is -0.107. The van der Waals surface area contributed by atoms with Crippen molar-refractivity contribution in [1.29, 1.82) is 0 Å². The van der Waals surface area contributed by atoms with Crippen LogP contribution in [0.4, 0.5) is 0 Å². The number of imidazole rings is 1. The first-order valence-corrected chi connectivity index (χ1v) is 7.17. The predicted octanol–water partition coefficient (Wildman–Crippen LogP) is 3.75. The number of nitrogens with zero attached hydrogens (tertiary/aromatic N) is 2. The molecule has 0 unspecified atom stereocenters. The van der Waals surface area contributed by atoms with Crippen LogP contribution in [-0.4, -0.2) is 15.7 Å². The van der Waals surface area contributed by atoms with E-state index >= 15 is 0 Å². The number of aromatic nitrogens is 2. The average Bonchev–Trinajstić information content (AvgIpc) is 2.83. The van der Waals surface area contributed by atoms with Crippen molar-refractivity contribution < 1.29 is 4.79 Å². The Hall–Kier alpha value is -2.42. The van der Waals surface area contributed by atoms with Crippen LogP contribution in [0.3, 0.4) is 0 Å². The lowest BCUT2D eigenvalue weighted by Gasteiger charge is -2.04. The fourth-order valence-electron chi connectivity index (χ4n) is 2.58. The molecule has 1 aromatic carbocycles. The van der Waals surface area contributed by atoms with Gasteiger partial charge in [-0.1, -0.05) is 35.9 Å². The van der Waals surface area contributed by atoms with Crippen LogP contribution in [0.25, 0.3) is 16.9 Å². The molecule has 0 spiro atoms. The van der Waals surface area contributed by atoms with Crippen LogP contribution in [-0.2, 0) is 11.2 Å². The van der Waals surface area contributed by atoms with Gasteiger partial charge in [0.2, 0.25) is 0 Å². The number of hydrogen-bond donors (Lipinski definition) is 0. The van der Waals surface area contributed by atoms with Crippen LogP contribution in [0.2, 0.25) is 0 Å². The van der Waals surface area contributed by atoms with Gasteiger partial charge in [0.05, 0.1) is 11.4 Å². The van der Waals surface area contributed by atoms with E-state index in [1.165, 1.54) is 11.1 Å². The second-order valence-corrected chi connectivity index (χ2v) is 5.41. The zero-order valence-electron chi connectivity index (χ0n) is 12.3. The maximum Gasteiger partial charge on any atom is 0.137 e. The summed E-state index contributed by atoms with van der Waals surface area (Å²) in [5.74, 6) is 0. The number of rotatable bonds is 4. The van der Waals surface area contributed by atoms with Crippen molar-refractivity contribution in [2.24, 2.45) is 0 Å². The van der Waals surface area contributed by atoms with E-state index in [0.29, 0.717) is 12.8 Å². The molecule has 0 aliphatic heterocycles. The summed E-state index contributed by atoms with van der Waals surface area (Å²) in [6, 6.07) is 12.5. The van der Waals surface area contributed by atoms with Gasteiger partial charge in [-0.05, 0) is 31.9 Å². The molecule has 0 aliphatic carbocycles. The van der Waals surface area contributed by atoms with Gasteiger partial charge in [0.1, 0.15) is 11.9 Å². The molecule has 0 bridgehead atoms. The minimum absolute atomic E-state index is 0.514. The van der Waals surface area contributed by atoms with Gasteiger partial charge in [0.15, 0.2) is 0 Å². The Labute approximate surface area is 124 Å². The molecule has 3 nitrogen and oxygen atoms in total. The lowest BCUT2D eigenvalue weighted by Crippen LogP contribution is -1.96. The molecule has 2 aromatic heterocycles. The number of carbonyl (C=O) groups is 1. The Kier molecular flexibility index (Phi) is 3.57. The minimum atomic E-state index is 0.514. The standard InChI is InChI=1S/C18H18N2O/c1-13-5-8-15(9-6-13)18-16(4-3-11-21)20-12-14(2)7-10-17(20)19-18/h5-12H,3-4H2,1-2H3. The second-order valence-electron chi connectivity index (χ2n) is 5.41. The Bertz CT molecular complexity index is 785. The molecule has 3 rings (SSSR count). The molecule has 21 heavy (non-hydrogen) atoms. The SMILES string of the molecule is Cc1ccc(-c2nc3ccc(C)cn3c2CCC=O)cc1. The van der Waals surface area contributed by atoms with Gasteiger partial charge in [-0.3, -0.25) is 0 Å². The van der Waals surface area contributed by atoms with Crippen molar-refractivity contribution in [2.75, 3.05) is 0 Å². The molecule has 0 saturated heterocycles. The van der Waals surface area contributed by atoms with Gasteiger partial charge < -0.3 is 9.20 Å². The molecule has 0 atom stereocenters. The molecular weight excluding hydrogens is 260 g/mol. The van der Waals surface area contributed by atoms with Crippen molar-refractivity contribution in [3.8, 4) is 11.3 Å². The molecule has 3 aromatic rings. The molecule has 0 aliphatic rings. The number of aldehydes is 1. The summed E-state index contributed by atoms with van der Waals surface area (Å²) < 4.78 is 2.11. The van der Waals surface area contributed by atoms with E-state index < -0.39 is 0 Å². The molecule has 2 heterocycles. The zero-order chi connectivity index (χ0) is 14.8. The minimum Gasteiger partial charge on any atom is -0.303 e. The second kappa shape index (κ2) is 5.52. The van der Waals surface area contributed by atoms with E-state index in [1.54, 1.807) is 0 Å². The molecule has 0 saturated carbocycles. The van der Waals surface area contributed by atoms with Crippen LogP contribution in [0.15, 0.2) is 42.6 Å². The number of fused-ring (bicyclic) bond motifs is 1. The van der Waals surface area contributed by atoms with Crippen LogP contribution < -0.4 is 0 Å². The molecule has 106 valence electrons. The number of hydrogen-bond acceptors (Lipinski definition) is 2. The molecule has 0 N–H and O–H groups in total. The largest absolute Gasteiger partial charge is 0.303 e. The third-order valence-corrected chi connectivity index (χ3v) is 3.69. The van der Waals surface area contributed by atoms with Crippen molar-refractivity contribution in [2.45, 2.75) is 26.7 Å². The summed E-state index contributed by atoms with van der Waals surface area (Å²) in [4.78, 5) is 15.5. The van der Waals surface area contributed by atoms with Crippen LogP contribution in [0.5, 0.6) is 0 Å². The summed E-state index contributed by atoms with van der Waals surface area (Å²) in [5, 5.41) is 0. The third kappa shape index (κ3) is 2.59. The summed E-state index contributed by atoms with van der Waals surface area (Å²) in [6.45, 7) is 4.14. The number of benzene rings is 1. The topological polar surface area (TPSA) is 34.4 Å². The van der Waals surface area contributed by atoms with Gasteiger partial charge >= 0.3 is 0 Å². The first-order valence-electron chi connectivity index (χ1n) is 7.17. The Balaban J connectivity index is 2.20. The van der Waals surface area contributed by atoms with Gasteiger partial charge in [-0.2, -0.15) is 0 Å².